The second-order valence-electron chi connectivity index (χ2n) is 7.42. The third kappa shape index (κ3) is 3.38. The molecule has 27 heavy (non-hydrogen) atoms. The van der Waals surface area contributed by atoms with Gasteiger partial charge in [-0.25, -0.2) is 0 Å². The predicted molar refractivity (Wildman–Crippen MR) is 111 cm³/mol. The molecule has 1 aromatic carbocycles. The molecule has 2 aliphatic rings. The highest BCUT2D eigenvalue weighted by Crippen LogP contribution is 2.47. The van der Waals surface area contributed by atoms with Gasteiger partial charge in [-0.3, -0.25) is 9.79 Å². The minimum Gasteiger partial charge on any atom is -0.455 e. The van der Waals surface area contributed by atoms with Crippen LogP contribution in [0.25, 0.3) is 0 Å². The number of fused-ring (bicyclic) bond motifs is 3. The zero-order chi connectivity index (χ0) is 19.1. The summed E-state index contributed by atoms with van der Waals surface area (Å²) in [5.41, 5.74) is 4.28. The van der Waals surface area contributed by atoms with Crippen molar-refractivity contribution >= 4 is 28.4 Å². The molecule has 0 fully saturated rings. The summed E-state index contributed by atoms with van der Waals surface area (Å²) in [5, 5.41) is 4.61. The molecular formula is C21H25N3O2S. The first-order chi connectivity index (χ1) is 12.9. The van der Waals surface area contributed by atoms with E-state index in [0.717, 1.165) is 46.0 Å². The Morgan fingerprint density at radius 1 is 1.30 bits per heavy atom. The SMILES string of the molecule is CC1=N[C@@H]2c3c(oc(C(=O)NCc4ccc(N(C)C)cc4)c3C)CC[C@H]2S1. The van der Waals surface area contributed by atoms with Crippen molar-refractivity contribution in [1.29, 1.82) is 0 Å². The molecule has 2 atom stereocenters. The minimum atomic E-state index is -0.151. The molecule has 2 heterocycles. The number of furan rings is 1. The largest absolute Gasteiger partial charge is 0.455 e. The van der Waals surface area contributed by atoms with Gasteiger partial charge in [0.25, 0.3) is 5.91 Å². The van der Waals surface area contributed by atoms with Crippen LogP contribution in [0.2, 0.25) is 0 Å². The molecule has 0 spiro atoms. The van der Waals surface area contributed by atoms with Crippen molar-refractivity contribution in [3.63, 3.8) is 0 Å². The van der Waals surface area contributed by atoms with E-state index in [2.05, 4.69) is 29.3 Å². The molecule has 1 aromatic heterocycles. The number of amides is 1. The van der Waals surface area contributed by atoms with Gasteiger partial charge in [0.05, 0.1) is 11.1 Å². The van der Waals surface area contributed by atoms with Crippen molar-refractivity contribution in [2.24, 2.45) is 4.99 Å². The first-order valence-electron chi connectivity index (χ1n) is 9.31. The van der Waals surface area contributed by atoms with E-state index >= 15 is 0 Å². The first-order valence-corrected chi connectivity index (χ1v) is 10.2. The Kier molecular flexibility index (Phi) is 4.76. The van der Waals surface area contributed by atoms with Crippen LogP contribution in [-0.2, 0) is 13.0 Å². The van der Waals surface area contributed by atoms with E-state index in [1.54, 1.807) is 0 Å². The van der Waals surface area contributed by atoms with Gasteiger partial charge in [0, 0.05) is 49.1 Å². The van der Waals surface area contributed by atoms with Crippen LogP contribution < -0.4 is 10.2 Å². The normalized spacial score (nSPS) is 20.7. The lowest BCUT2D eigenvalue weighted by Gasteiger charge is -2.22. The van der Waals surface area contributed by atoms with E-state index < -0.39 is 0 Å². The summed E-state index contributed by atoms with van der Waals surface area (Å²) >= 11 is 1.85. The average molecular weight is 384 g/mol. The molecule has 0 saturated heterocycles. The zero-order valence-electron chi connectivity index (χ0n) is 16.2. The predicted octanol–water partition coefficient (Wildman–Crippen LogP) is 4.11. The van der Waals surface area contributed by atoms with Gasteiger partial charge in [-0.05, 0) is 38.0 Å². The number of benzene rings is 1. The Hall–Kier alpha value is -2.21. The maximum atomic E-state index is 12.7. The lowest BCUT2D eigenvalue weighted by atomic mass is 9.90. The minimum absolute atomic E-state index is 0.141. The van der Waals surface area contributed by atoms with Crippen LogP contribution in [0, 0.1) is 6.92 Å². The van der Waals surface area contributed by atoms with Gasteiger partial charge in [0.2, 0.25) is 0 Å². The fourth-order valence-corrected chi connectivity index (χ4v) is 5.06. The summed E-state index contributed by atoms with van der Waals surface area (Å²) in [6, 6.07) is 8.32. The number of nitrogens with zero attached hydrogens (tertiary/aromatic N) is 2. The molecule has 0 saturated carbocycles. The van der Waals surface area contributed by atoms with Gasteiger partial charge in [-0.15, -0.1) is 11.8 Å². The highest BCUT2D eigenvalue weighted by molar-refractivity contribution is 8.14. The molecule has 1 aliphatic heterocycles. The van der Waals surface area contributed by atoms with Crippen molar-refractivity contribution < 1.29 is 9.21 Å². The van der Waals surface area contributed by atoms with Crippen molar-refractivity contribution in [1.82, 2.24) is 5.32 Å². The molecule has 0 bridgehead atoms. The fourth-order valence-electron chi connectivity index (χ4n) is 3.88. The van der Waals surface area contributed by atoms with E-state index in [9.17, 15) is 4.79 Å². The van der Waals surface area contributed by atoms with Gasteiger partial charge >= 0.3 is 0 Å². The first kappa shape index (κ1) is 18.2. The van der Waals surface area contributed by atoms with Crippen LogP contribution in [0.5, 0.6) is 0 Å². The summed E-state index contributed by atoms with van der Waals surface area (Å²) < 4.78 is 5.98. The van der Waals surface area contributed by atoms with E-state index in [-0.39, 0.29) is 11.9 Å². The molecule has 1 N–H and O–H groups in total. The quantitative estimate of drug-likeness (QED) is 0.863. The number of carbonyl (C=O) groups is 1. The summed E-state index contributed by atoms with van der Waals surface area (Å²) in [6.07, 6.45) is 1.93. The van der Waals surface area contributed by atoms with E-state index in [1.165, 1.54) is 0 Å². The highest BCUT2D eigenvalue weighted by Gasteiger charge is 2.39. The molecule has 2 aromatic rings. The van der Waals surface area contributed by atoms with E-state index in [0.29, 0.717) is 17.6 Å². The molecular weight excluding hydrogens is 358 g/mol. The molecule has 142 valence electrons. The number of anilines is 1. The summed E-state index contributed by atoms with van der Waals surface area (Å²) in [7, 11) is 4.02. The molecule has 0 unspecified atom stereocenters. The Morgan fingerprint density at radius 3 is 2.74 bits per heavy atom. The number of nitrogens with one attached hydrogen (secondary N) is 1. The fraction of sp³-hybridized carbons (Fsp3) is 0.429. The number of thioether (sulfide) groups is 1. The van der Waals surface area contributed by atoms with Gasteiger partial charge in [0.1, 0.15) is 5.76 Å². The smallest absolute Gasteiger partial charge is 0.287 e. The summed E-state index contributed by atoms with van der Waals surface area (Å²) in [5.74, 6) is 1.23. The van der Waals surface area contributed by atoms with Gasteiger partial charge in [-0.2, -0.15) is 0 Å². The Bertz CT molecular complexity index is 899. The van der Waals surface area contributed by atoms with Crippen LogP contribution in [0.3, 0.4) is 0 Å². The van der Waals surface area contributed by atoms with Crippen LogP contribution in [0.4, 0.5) is 5.69 Å². The Balaban J connectivity index is 1.49. The molecule has 0 radical (unpaired) electrons. The van der Waals surface area contributed by atoms with Gasteiger partial charge in [-0.1, -0.05) is 12.1 Å². The summed E-state index contributed by atoms with van der Waals surface area (Å²) in [4.78, 5) is 19.6. The van der Waals surface area contributed by atoms with Crippen molar-refractivity contribution in [3.8, 4) is 0 Å². The molecule has 4 rings (SSSR count). The lowest BCUT2D eigenvalue weighted by Crippen LogP contribution is -2.23. The number of carbonyl (C=O) groups excluding carboxylic acids is 1. The summed E-state index contributed by atoms with van der Waals surface area (Å²) in [6.45, 7) is 4.53. The molecule has 5 nitrogen and oxygen atoms in total. The van der Waals surface area contributed by atoms with Gasteiger partial charge in [0.15, 0.2) is 5.76 Å². The number of hydrogen-bond donors (Lipinski definition) is 1. The van der Waals surface area contributed by atoms with Crippen molar-refractivity contribution in [2.45, 2.75) is 44.5 Å². The number of hydrogen-bond acceptors (Lipinski definition) is 5. The standard InChI is InChI=1S/C21H25N3O2S/c1-12-18-16(9-10-17-19(18)23-13(2)27-17)26-20(12)21(25)22-11-14-5-7-15(8-6-14)24(3)4/h5-8,17,19H,9-11H2,1-4H3,(H,22,25)/t17-,19+/m1/s1. The van der Waals surface area contributed by atoms with Gasteiger partial charge < -0.3 is 14.6 Å². The van der Waals surface area contributed by atoms with Crippen LogP contribution in [-0.4, -0.2) is 30.3 Å². The van der Waals surface area contributed by atoms with Crippen molar-refractivity contribution in [3.05, 3.63) is 52.5 Å². The third-order valence-corrected chi connectivity index (χ3v) is 6.57. The third-order valence-electron chi connectivity index (χ3n) is 5.33. The lowest BCUT2D eigenvalue weighted by molar-refractivity contribution is 0.0920. The monoisotopic (exact) mass is 383 g/mol. The average Bonchev–Trinajstić information content (AvgIpc) is 3.19. The second-order valence-corrected chi connectivity index (χ2v) is 8.86. The Labute approximate surface area is 164 Å². The topological polar surface area (TPSA) is 57.8 Å². The second kappa shape index (κ2) is 7.08. The maximum Gasteiger partial charge on any atom is 0.287 e. The molecule has 1 amide bonds. The number of aliphatic imine (C=N–C) groups is 1. The number of aryl methyl sites for hydroxylation is 1. The van der Waals surface area contributed by atoms with Crippen LogP contribution in [0.15, 0.2) is 33.7 Å². The van der Waals surface area contributed by atoms with E-state index in [4.69, 9.17) is 9.41 Å². The molecule has 1 aliphatic carbocycles. The number of rotatable bonds is 4. The Morgan fingerprint density at radius 2 is 2.04 bits per heavy atom. The highest BCUT2D eigenvalue weighted by atomic mass is 32.2. The van der Waals surface area contributed by atoms with Crippen LogP contribution >= 0.6 is 11.8 Å². The van der Waals surface area contributed by atoms with Crippen molar-refractivity contribution in [2.75, 3.05) is 19.0 Å². The van der Waals surface area contributed by atoms with Crippen LogP contribution in [0.1, 0.15) is 52.4 Å². The maximum absolute atomic E-state index is 12.7. The molecule has 6 heteroatoms. The van der Waals surface area contributed by atoms with E-state index in [1.807, 2.05) is 44.9 Å². The zero-order valence-corrected chi connectivity index (χ0v) is 17.0.